The first-order chi connectivity index (χ1) is 14.5. The Morgan fingerprint density at radius 2 is 0.733 bits per heavy atom. The van der Waals surface area contributed by atoms with E-state index in [1.807, 2.05) is 84.9 Å². The Labute approximate surface area is 190 Å². The molecule has 0 saturated heterocycles. The number of fused-ring (bicyclic) bond motifs is 6. The summed E-state index contributed by atoms with van der Waals surface area (Å²) >= 11 is 6.78. The Morgan fingerprint density at radius 3 is 1.17 bits per heavy atom. The lowest BCUT2D eigenvalue weighted by Crippen LogP contribution is -1.94. The van der Waals surface area contributed by atoms with Crippen molar-refractivity contribution in [3.05, 3.63) is 116 Å². The van der Waals surface area contributed by atoms with E-state index >= 15 is 0 Å². The molecule has 0 bridgehead atoms. The van der Waals surface area contributed by atoms with Crippen LogP contribution in [-0.2, 0) is 0 Å². The molecule has 0 atom stereocenters. The van der Waals surface area contributed by atoms with Crippen molar-refractivity contribution in [1.29, 1.82) is 0 Å². The highest BCUT2D eigenvalue weighted by atomic mass is 79.9. The van der Waals surface area contributed by atoms with E-state index in [4.69, 9.17) is 0 Å². The van der Waals surface area contributed by atoms with Crippen LogP contribution >= 0.6 is 31.9 Å². The van der Waals surface area contributed by atoms with Gasteiger partial charge in [0.1, 0.15) is 0 Å². The second kappa shape index (κ2) is 7.46. The average molecular weight is 518 g/mol. The van der Waals surface area contributed by atoms with Crippen molar-refractivity contribution < 1.29 is 9.59 Å². The van der Waals surface area contributed by atoms with Crippen LogP contribution in [0.4, 0.5) is 0 Å². The van der Waals surface area contributed by atoms with Gasteiger partial charge in [0.15, 0.2) is 11.6 Å². The van der Waals surface area contributed by atoms with Crippen molar-refractivity contribution in [2.24, 2.45) is 0 Å². The molecule has 2 aliphatic rings. The van der Waals surface area contributed by atoms with Crippen LogP contribution in [-0.4, -0.2) is 11.6 Å². The highest BCUT2D eigenvalue weighted by Crippen LogP contribution is 2.39. The third-order valence-corrected chi connectivity index (χ3v) is 6.36. The van der Waals surface area contributed by atoms with Crippen molar-refractivity contribution in [2.45, 2.75) is 0 Å². The molecule has 0 aromatic heterocycles. The number of carbonyl (C=O) groups excluding carboxylic acids is 2. The molecule has 0 heterocycles. The smallest absolute Gasteiger partial charge is 0.194 e. The fourth-order valence-corrected chi connectivity index (χ4v) is 4.72. The minimum atomic E-state index is 0.104. The highest BCUT2D eigenvalue weighted by Gasteiger charge is 2.27. The molecular weight excluding hydrogens is 504 g/mol. The minimum Gasteiger partial charge on any atom is -0.289 e. The molecule has 0 spiro atoms. The SMILES string of the molecule is O=C1c2cc(Br)ccc2-c2ccc(Br)cc21.O=C1c2ccccc2-c2ccccc21. The maximum Gasteiger partial charge on any atom is 0.194 e. The Morgan fingerprint density at radius 1 is 0.400 bits per heavy atom. The number of hydrogen-bond acceptors (Lipinski definition) is 2. The summed E-state index contributed by atoms with van der Waals surface area (Å²) in [4.78, 5) is 24.0. The highest BCUT2D eigenvalue weighted by molar-refractivity contribution is 9.10. The van der Waals surface area contributed by atoms with Crippen LogP contribution in [0.1, 0.15) is 31.8 Å². The van der Waals surface area contributed by atoms with Crippen LogP contribution in [0.5, 0.6) is 0 Å². The molecule has 0 N–H and O–H groups in total. The molecule has 0 amide bonds. The molecule has 0 fully saturated rings. The molecule has 6 rings (SSSR count). The molecule has 2 nitrogen and oxygen atoms in total. The van der Waals surface area contributed by atoms with Gasteiger partial charge < -0.3 is 0 Å². The summed E-state index contributed by atoms with van der Waals surface area (Å²) in [5.41, 5.74) is 7.39. The van der Waals surface area contributed by atoms with E-state index in [0.29, 0.717) is 0 Å². The van der Waals surface area contributed by atoms with Crippen LogP contribution in [0.25, 0.3) is 22.3 Å². The summed E-state index contributed by atoms with van der Waals surface area (Å²) < 4.78 is 1.87. The van der Waals surface area contributed by atoms with Gasteiger partial charge in [-0.3, -0.25) is 9.59 Å². The van der Waals surface area contributed by atoms with Crippen LogP contribution in [0.2, 0.25) is 0 Å². The summed E-state index contributed by atoms with van der Waals surface area (Å²) in [6.07, 6.45) is 0. The van der Waals surface area contributed by atoms with Crippen LogP contribution in [0, 0.1) is 0 Å². The van der Waals surface area contributed by atoms with Crippen LogP contribution < -0.4 is 0 Å². The van der Waals surface area contributed by atoms with Crippen molar-refractivity contribution >= 4 is 43.4 Å². The molecule has 144 valence electrons. The van der Waals surface area contributed by atoms with E-state index in [1.165, 1.54) is 0 Å². The second-order valence-electron chi connectivity index (χ2n) is 7.13. The lowest BCUT2D eigenvalue weighted by atomic mass is 10.1. The van der Waals surface area contributed by atoms with Crippen molar-refractivity contribution in [2.75, 3.05) is 0 Å². The Bertz CT molecular complexity index is 1250. The molecule has 0 saturated carbocycles. The Kier molecular flexibility index (Phi) is 4.76. The van der Waals surface area contributed by atoms with E-state index in [9.17, 15) is 9.59 Å². The van der Waals surface area contributed by atoms with Crippen molar-refractivity contribution in [1.82, 2.24) is 0 Å². The summed E-state index contributed by atoms with van der Waals surface area (Å²) in [6, 6.07) is 27.2. The first kappa shape index (κ1) is 19.2. The zero-order chi connectivity index (χ0) is 20.8. The van der Waals surface area contributed by atoms with Crippen LogP contribution in [0.3, 0.4) is 0 Å². The first-order valence-corrected chi connectivity index (χ1v) is 11.0. The Balaban J connectivity index is 0.000000130. The predicted octanol–water partition coefficient (Wildman–Crippen LogP) is 7.32. The molecule has 0 radical (unpaired) electrons. The number of halogens is 2. The third-order valence-electron chi connectivity index (χ3n) is 5.38. The van der Waals surface area contributed by atoms with Gasteiger partial charge in [0.2, 0.25) is 0 Å². The molecule has 0 unspecified atom stereocenters. The molecule has 2 aliphatic carbocycles. The number of ketones is 2. The van der Waals surface area contributed by atoms with Gasteiger partial charge in [-0.2, -0.15) is 0 Å². The second-order valence-corrected chi connectivity index (χ2v) is 8.96. The van der Waals surface area contributed by atoms with Crippen molar-refractivity contribution in [3.8, 4) is 22.3 Å². The largest absolute Gasteiger partial charge is 0.289 e. The van der Waals surface area contributed by atoms with Gasteiger partial charge in [0, 0.05) is 31.2 Å². The van der Waals surface area contributed by atoms with Gasteiger partial charge in [0.25, 0.3) is 0 Å². The van der Waals surface area contributed by atoms with E-state index in [2.05, 4.69) is 31.9 Å². The molecule has 4 heteroatoms. The average Bonchev–Trinajstić information content (AvgIpc) is 3.21. The van der Waals surface area contributed by atoms with E-state index < -0.39 is 0 Å². The number of benzene rings is 4. The fraction of sp³-hybridized carbons (Fsp3) is 0. The van der Waals surface area contributed by atoms with Gasteiger partial charge in [-0.1, -0.05) is 92.5 Å². The fourth-order valence-electron chi connectivity index (χ4n) is 4.00. The molecule has 4 aromatic carbocycles. The molecule has 0 aliphatic heterocycles. The minimum absolute atomic E-state index is 0.104. The lowest BCUT2D eigenvalue weighted by Gasteiger charge is -1.99. The number of carbonyl (C=O) groups is 2. The van der Waals surface area contributed by atoms with Gasteiger partial charge in [-0.25, -0.2) is 0 Å². The van der Waals surface area contributed by atoms with E-state index in [0.717, 1.165) is 53.5 Å². The zero-order valence-corrected chi connectivity index (χ0v) is 18.8. The quantitative estimate of drug-likeness (QED) is 0.211. The van der Waals surface area contributed by atoms with Gasteiger partial charge in [-0.15, -0.1) is 0 Å². The third kappa shape index (κ3) is 3.08. The van der Waals surface area contributed by atoms with E-state index in [-0.39, 0.29) is 11.6 Å². The molecule has 30 heavy (non-hydrogen) atoms. The van der Waals surface area contributed by atoms with Gasteiger partial charge >= 0.3 is 0 Å². The predicted molar refractivity (Wildman–Crippen MR) is 126 cm³/mol. The standard InChI is InChI=1S/C13H6Br2O.C13H8O/c14-7-1-3-9-10-4-2-8(15)6-12(10)13(16)11(9)5-7;14-13-11-7-3-1-5-9(11)10-6-2-4-8-12(10)13/h1-6H;1-8H. The molecular formula is C26H14Br2O2. The van der Waals surface area contributed by atoms with Gasteiger partial charge in [0.05, 0.1) is 0 Å². The maximum atomic E-state index is 12.2. The summed E-state index contributed by atoms with van der Waals surface area (Å²) in [5, 5.41) is 0. The summed E-state index contributed by atoms with van der Waals surface area (Å²) in [7, 11) is 0. The summed E-state index contributed by atoms with van der Waals surface area (Å²) in [6.45, 7) is 0. The zero-order valence-electron chi connectivity index (χ0n) is 15.7. The van der Waals surface area contributed by atoms with E-state index in [1.54, 1.807) is 0 Å². The topological polar surface area (TPSA) is 34.1 Å². The maximum absolute atomic E-state index is 12.2. The normalized spacial score (nSPS) is 12.5. The number of hydrogen-bond donors (Lipinski definition) is 0. The summed E-state index contributed by atoms with van der Waals surface area (Å²) in [5.74, 6) is 0.254. The van der Waals surface area contributed by atoms with Crippen LogP contribution in [0.15, 0.2) is 93.9 Å². The number of rotatable bonds is 0. The first-order valence-electron chi connectivity index (χ1n) is 9.42. The Hall–Kier alpha value is -2.82. The lowest BCUT2D eigenvalue weighted by molar-refractivity contribution is 0.103. The van der Waals surface area contributed by atoms with Crippen molar-refractivity contribution in [3.63, 3.8) is 0 Å². The molecule has 4 aromatic rings. The monoisotopic (exact) mass is 516 g/mol. The van der Waals surface area contributed by atoms with Gasteiger partial charge in [-0.05, 0) is 46.5 Å².